The highest BCUT2D eigenvalue weighted by atomic mass is 19.3. The van der Waals surface area contributed by atoms with E-state index in [2.05, 4.69) is 6.07 Å². The maximum absolute atomic E-state index is 15.3. The molecule has 4 rings (SSSR count). The summed E-state index contributed by atoms with van der Waals surface area (Å²) in [5.41, 5.74) is -1.74. The van der Waals surface area contributed by atoms with Crippen molar-refractivity contribution in [2.75, 3.05) is 0 Å². The molecular formula is C20H29F2NO. The fourth-order valence-corrected chi connectivity index (χ4v) is 7.26. The van der Waals surface area contributed by atoms with Crippen LogP contribution < -0.4 is 0 Å². The number of hydrogen-bond acceptors (Lipinski definition) is 2. The summed E-state index contributed by atoms with van der Waals surface area (Å²) in [6, 6.07) is 2.21. The molecule has 4 fully saturated rings. The van der Waals surface area contributed by atoms with Crippen LogP contribution in [0.1, 0.15) is 65.2 Å². The van der Waals surface area contributed by atoms with Gasteiger partial charge in [0.15, 0.2) is 0 Å². The molecular weight excluding hydrogens is 308 g/mol. The molecule has 0 radical (unpaired) electrons. The number of fused-ring (bicyclic) bond motifs is 5. The van der Waals surface area contributed by atoms with Gasteiger partial charge in [-0.3, -0.25) is 0 Å². The van der Waals surface area contributed by atoms with Gasteiger partial charge < -0.3 is 5.11 Å². The van der Waals surface area contributed by atoms with Crippen LogP contribution in [0.4, 0.5) is 8.78 Å². The second-order valence-corrected chi connectivity index (χ2v) is 9.63. The normalized spacial score (nSPS) is 55.8. The minimum Gasteiger partial charge on any atom is -0.390 e. The van der Waals surface area contributed by atoms with E-state index < -0.39 is 22.9 Å². The zero-order chi connectivity index (χ0) is 17.3. The maximum Gasteiger partial charge on any atom is 0.255 e. The van der Waals surface area contributed by atoms with Crippen molar-refractivity contribution in [1.29, 1.82) is 5.26 Å². The zero-order valence-electron chi connectivity index (χ0n) is 14.8. The molecule has 0 aromatic rings. The molecule has 4 saturated carbocycles. The van der Waals surface area contributed by atoms with E-state index in [1.807, 2.05) is 6.92 Å². The average Bonchev–Trinajstić information content (AvgIpc) is 2.84. The van der Waals surface area contributed by atoms with Crippen LogP contribution in [-0.4, -0.2) is 16.6 Å². The molecule has 2 nitrogen and oxygen atoms in total. The highest BCUT2D eigenvalue weighted by Gasteiger charge is 2.69. The third-order valence-electron chi connectivity index (χ3n) is 8.51. The van der Waals surface area contributed by atoms with Crippen molar-refractivity contribution < 1.29 is 13.9 Å². The Bertz CT molecular complexity index is 568. The largest absolute Gasteiger partial charge is 0.390 e. The average molecular weight is 337 g/mol. The van der Waals surface area contributed by atoms with E-state index in [4.69, 9.17) is 0 Å². The smallest absolute Gasteiger partial charge is 0.255 e. The second kappa shape index (κ2) is 5.16. The molecule has 0 spiro atoms. The lowest BCUT2D eigenvalue weighted by Crippen LogP contribution is -2.58. The number of hydrogen-bond donors (Lipinski definition) is 1. The van der Waals surface area contributed by atoms with Crippen molar-refractivity contribution in [1.82, 2.24) is 0 Å². The predicted molar refractivity (Wildman–Crippen MR) is 87.2 cm³/mol. The summed E-state index contributed by atoms with van der Waals surface area (Å²) in [5, 5.41) is 19.8. The fourth-order valence-electron chi connectivity index (χ4n) is 7.26. The van der Waals surface area contributed by atoms with Crippen LogP contribution in [0.5, 0.6) is 0 Å². The number of nitriles is 1. The zero-order valence-corrected chi connectivity index (χ0v) is 14.8. The number of alkyl halides is 2. The molecule has 0 aromatic carbocycles. The third-order valence-corrected chi connectivity index (χ3v) is 8.51. The highest BCUT2D eigenvalue weighted by molar-refractivity contribution is 5.16. The first-order chi connectivity index (χ1) is 11.2. The van der Waals surface area contributed by atoms with Gasteiger partial charge in [-0.1, -0.05) is 6.92 Å². The van der Waals surface area contributed by atoms with Gasteiger partial charge >= 0.3 is 0 Å². The minimum absolute atomic E-state index is 0.000660. The van der Waals surface area contributed by atoms with E-state index in [1.54, 1.807) is 6.92 Å². The van der Waals surface area contributed by atoms with E-state index in [9.17, 15) is 10.4 Å². The van der Waals surface area contributed by atoms with Crippen LogP contribution in [0.25, 0.3) is 0 Å². The summed E-state index contributed by atoms with van der Waals surface area (Å²) in [7, 11) is 0. The Balaban J connectivity index is 1.65. The minimum atomic E-state index is -2.74. The maximum atomic E-state index is 15.3. The van der Waals surface area contributed by atoms with Gasteiger partial charge in [0.2, 0.25) is 0 Å². The first-order valence-corrected chi connectivity index (χ1v) is 9.69. The summed E-state index contributed by atoms with van der Waals surface area (Å²) in [4.78, 5) is 0. The van der Waals surface area contributed by atoms with E-state index in [0.717, 1.165) is 38.5 Å². The molecule has 0 amide bonds. The van der Waals surface area contributed by atoms with Crippen LogP contribution >= 0.6 is 0 Å². The lowest BCUT2D eigenvalue weighted by molar-refractivity contribution is -0.224. The number of aliphatic hydroxyl groups is 1. The Labute approximate surface area is 143 Å². The lowest BCUT2D eigenvalue weighted by atomic mass is 9.48. The molecule has 0 heterocycles. The third kappa shape index (κ3) is 2.13. The van der Waals surface area contributed by atoms with Crippen LogP contribution in [0, 0.1) is 52.3 Å². The Kier molecular flexibility index (Phi) is 3.60. The summed E-state index contributed by atoms with van der Waals surface area (Å²) in [6.07, 6.45) is 5.88. The number of halogens is 2. The molecule has 4 aliphatic rings. The van der Waals surface area contributed by atoms with Crippen molar-refractivity contribution >= 4 is 0 Å². The monoisotopic (exact) mass is 337 g/mol. The van der Waals surface area contributed by atoms with Gasteiger partial charge in [-0.2, -0.15) is 5.26 Å². The molecule has 4 heteroatoms. The van der Waals surface area contributed by atoms with Gasteiger partial charge in [-0.25, -0.2) is 8.78 Å². The molecule has 1 N–H and O–H groups in total. The van der Waals surface area contributed by atoms with Gasteiger partial charge in [-0.05, 0) is 81.5 Å². The van der Waals surface area contributed by atoms with Crippen molar-refractivity contribution in [3.8, 4) is 6.07 Å². The Morgan fingerprint density at radius 2 is 1.71 bits per heavy atom. The van der Waals surface area contributed by atoms with E-state index in [1.165, 1.54) is 0 Å². The molecule has 4 aliphatic carbocycles. The fraction of sp³-hybridized carbons (Fsp3) is 0.950. The van der Waals surface area contributed by atoms with Crippen LogP contribution in [0.3, 0.4) is 0 Å². The lowest BCUT2D eigenvalue weighted by Gasteiger charge is -2.58. The topological polar surface area (TPSA) is 44.0 Å². The molecule has 0 bridgehead atoms. The van der Waals surface area contributed by atoms with Gasteiger partial charge in [0.25, 0.3) is 5.92 Å². The SMILES string of the molecule is CC12C(C#N)CC[C@H]1C1CCC3C[C@](C)(O)CCC3[C@H]1CC2(F)F. The van der Waals surface area contributed by atoms with Crippen LogP contribution in [0.2, 0.25) is 0 Å². The molecule has 5 unspecified atom stereocenters. The van der Waals surface area contributed by atoms with Gasteiger partial charge in [0, 0.05) is 6.42 Å². The van der Waals surface area contributed by atoms with Crippen LogP contribution in [0.15, 0.2) is 0 Å². The first kappa shape index (κ1) is 16.8. The standard InChI is InChI=1S/C20H29F2NO/c1-18(24)8-7-14-12(9-18)3-5-15-16(14)10-20(21,22)19(2)13(11-23)4-6-17(15)19/h12-17,24H,3-10H2,1-2H3/t12?,13?,14?,15?,16-,17+,18-,19?/m1/s1. The van der Waals surface area contributed by atoms with Crippen LogP contribution in [-0.2, 0) is 0 Å². The molecule has 8 atom stereocenters. The number of nitrogens with zero attached hydrogens (tertiary/aromatic N) is 1. The highest BCUT2D eigenvalue weighted by Crippen LogP contribution is 2.68. The number of rotatable bonds is 0. The summed E-state index contributed by atoms with van der Waals surface area (Å²) < 4.78 is 30.5. The van der Waals surface area contributed by atoms with E-state index in [0.29, 0.717) is 24.2 Å². The second-order valence-electron chi connectivity index (χ2n) is 9.63. The van der Waals surface area contributed by atoms with Crippen molar-refractivity contribution in [3.05, 3.63) is 0 Å². The predicted octanol–water partition coefficient (Wildman–Crippen LogP) is 4.77. The molecule has 24 heavy (non-hydrogen) atoms. The summed E-state index contributed by atoms with van der Waals surface area (Å²) in [5.74, 6) is -2.04. The summed E-state index contributed by atoms with van der Waals surface area (Å²) in [6.45, 7) is 3.60. The quantitative estimate of drug-likeness (QED) is 0.691. The first-order valence-electron chi connectivity index (χ1n) is 9.69. The van der Waals surface area contributed by atoms with Crippen molar-refractivity contribution in [2.45, 2.75) is 76.7 Å². The van der Waals surface area contributed by atoms with Gasteiger partial charge in [-0.15, -0.1) is 0 Å². The Morgan fingerprint density at radius 1 is 0.958 bits per heavy atom. The van der Waals surface area contributed by atoms with Gasteiger partial charge in [0.1, 0.15) is 0 Å². The molecule has 0 aliphatic heterocycles. The van der Waals surface area contributed by atoms with Crippen molar-refractivity contribution in [3.63, 3.8) is 0 Å². The molecule has 134 valence electrons. The molecule has 0 aromatic heterocycles. The van der Waals surface area contributed by atoms with Crippen molar-refractivity contribution in [2.24, 2.45) is 40.9 Å². The van der Waals surface area contributed by atoms with E-state index in [-0.39, 0.29) is 18.3 Å². The Hall–Kier alpha value is -0.690. The van der Waals surface area contributed by atoms with Gasteiger partial charge in [0.05, 0.1) is 23.0 Å². The summed E-state index contributed by atoms with van der Waals surface area (Å²) >= 11 is 0. The van der Waals surface area contributed by atoms with E-state index >= 15 is 8.78 Å². The molecule has 0 saturated heterocycles. The Morgan fingerprint density at radius 3 is 2.42 bits per heavy atom.